The first-order valence-corrected chi connectivity index (χ1v) is 7.53. The summed E-state index contributed by atoms with van der Waals surface area (Å²) in [6.07, 6.45) is 0.883. The molecule has 0 spiro atoms. The smallest absolute Gasteiger partial charge is 0.359 e. The van der Waals surface area contributed by atoms with E-state index in [9.17, 15) is 9.59 Å². The number of nitrogens with one attached hydrogen (secondary N) is 1. The molecule has 0 unspecified atom stereocenters. The minimum absolute atomic E-state index is 0.0561. The lowest BCUT2D eigenvalue weighted by molar-refractivity contribution is -0.129. The summed E-state index contributed by atoms with van der Waals surface area (Å²) < 4.78 is 5.00. The molecule has 0 aliphatic heterocycles. The number of halogens is 4. The standard InChI is InChI=1S/C12H10Cl4N2O3/c1-4(11(19)17-5-2-3-5)21-12(20)9-7(14)6(13)8(15)10(16)18-9/h4-5H,2-3H2,1H3,(H,17,19)/t4-/m1/s1. The van der Waals surface area contributed by atoms with Crippen molar-refractivity contribution >= 4 is 58.3 Å². The van der Waals surface area contributed by atoms with Gasteiger partial charge in [0.15, 0.2) is 11.8 Å². The molecule has 1 atom stereocenters. The first-order chi connectivity index (χ1) is 9.81. The van der Waals surface area contributed by atoms with Crippen molar-refractivity contribution in [1.29, 1.82) is 0 Å². The van der Waals surface area contributed by atoms with Crippen molar-refractivity contribution in [1.82, 2.24) is 10.3 Å². The number of amides is 1. The summed E-state index contributed by atoms with van der Waals surface area (Å²) >= 11 is 23.2. The van der Waals surface area contributed by atoms with Crippen molar-refractivity contribution in [2.24, 2.45) is 0 Å². The molecule has 5 nitrogen and oxygen atoms in total. The van der Waals surface area contributed by atoms with E-state index in [-0.39, 0.29) is 37.9 Å². The van der Waals surface area contributed by atoms with E-state index < -0.39 is 12.1 Å². The summed E-state index contributed by atoms with van der Waals surface area (Å²) in [5, 5.41) is 2.21. The van der Waals surface area contributed by atoms with Gasteiger partial charge in [0.2, 0.25) is 0 Å². The van der Waals surface area contributed by atoms with Crippen LogP contribution in [0.5, 0.6) is 0 Å². The van der Waals surface area contributed by atoms with E-state index in [1.807, 2.05) is 0 Å². The quantitative estimate of drug-likeness (QED) is 0.649. The van der Waals surface area contributed by atoms with E-state index in [0.29, 0.717) is 0 Å². The normalized spacial score (nSPS) is 15.5. The van der Waals surface area contributed by atoms with E-state index in [1.165, 1.54) is 6.92 Å². The van der Waals surface area contributed by atoms with Crippen molar-refractivity contribution < 1.29 is 14.3 Å². The Hall–Kier alpha value is -0.750. The van der Waals surface area contributed by atoms with Crippen molar-refractivity contribution in [2.75, 3.05) is 0 Å². The van der Waals surface area contributed by atoms with E-state index >= 15 is 0 Å². The van der Waals surface area contributed by atoms with Crippen LogP contribution in [0.15, 0.2) is 0 Å². The second-order valence-corrected chi connectivity index (χ2v) is 6.02. The number of nitrogens with zero attached hydrogens (tertiary/aromatic N) is 1. The summed E-state index contributed by atoms with van der Waals surface area (Å²) in [7, 11) is 0. The van der Waals surface area contributed by atoms with Gasteiger partial charge in [0, 0.05) is 6.04 Å². The number of rotatable bonds is 4. The molecule has 0 saturated heterocycles. The fourth-order valence-corrected chi connectivity index (χ4v) is 2.24. The van der Waals surface area contributed by atoms with Gasteiger partial charge in [0.25, 0.3) is 5.91 Å². The van der Waals surface area contributed by atoms with Crippen LogP contribution in [-0.2, 0) is 9.53 Å². The van der Waals surface area contributed by atoms with Crippen LogP contribution in [0, 0.1) is 0 Å². The fourth-order valence-electron chi connectivity index (χ4n) is 1.44. The number of hydrogen-bond donors (Lipinski definition) is 1. The molecule has 1 aromatic heterocycles. The third kappa shape index (κ3) is 3.92. The number of esters is 1. The van der Waals surface area contributed by atoms with Crippen LogP contribution < -0.4 is 5.32 Å². The maximum Gasteiger partial charge on any atom is 0.359 e. The highest BCUT2D eigenvalue weighted by atomic mass is 35.5. The van der Waals surface area contributed by atoms with E-state index in [0.717, 1.165) is 12.8 Å². The first kappa shape index (κ1) is 16.6. The number of carbonyl (C=O) groups excluding carboxylic acids is 2. The van der Waals surface area contributed by atoms with Crippen molar-refractivity contribution in [3.8, 4) is 0 Å². The third-order valence-corrected chi connectivity index (χ3v) is 4.43. The van der Waals surface area contributed by atoms with Gasteiger partial charge in [-0.1, -0.05) is 46.4 Å². The molecule has 1 aromatic rings. The lowest BCUT2D eigenvalue weighted by atomic mass is 10.3. The maximum absolute atomic E-state index is 12.0. The molecule has 21 heavy (non-hydrogen) atoms. The molecule has 1 heterocycles. The molecule has 114 valence electrons. The van der Waals surface area contributed by atoms with Gasteiger partial charge in [-0.3, -0.25) is 4.79 Å². The third-order valence-electron chi connectivity index (χ3n) is 2.75. The number of hydrogen-bond acceptors (Lipinski definition) is 4. The topological polar surface area (TPSA) is 68.3 Å². The molecule has 1 N–H and O–H groups in total. The average molecular weight is 372 g/mol. The predicted molar refractivity (Wildman–Crippen MR) is 80.3 cm³/mol. The summed E-state index contributed by atoms with van der Waals surface area (Å²) in [6.45, 7) is 1.45. The summed E-state index contributed by atoms with van der Waals surface area (Å²) in [5.74, 6) is -1.29. The SMILES string of the molecule is C[C@@H](OC(=O)c1nc(Cl)c(Cl)c(Cl)c1Cl)C(=O)NC1CC1. The molecule has 0 bridgehead atoms. The van der Waals surface area contributed by atoms with Gasteiger partial charge in [0.05, 0.1) is 15.1 Å². The molecule has 2 rings (SSSR count). The summed E-state index contributed by atoms with van der Waals surface area (Å²) in [4.78, 5) is 27.4. The largest absolute Gasteiger partial charge is 0.448 e. The second kappa shape index (κ2) is 6.57. The Balaban J connectivity index is 2.11. The molecule has 0 radical (unpaired) electrons. The van der Waals surface area contributed by atoms with Crippen LogP contribution in [0.25, 0.3) is 0 Å². The lowest BCUT2D eigenvalue weighted by Crippen LogP contribution is -2.37. The summed E-state index contributed by atoms with van der Waals surface area (Å²) in [6, 6.07) is 0.166. The minimum atomic E-state index is -0.982. The predicted octanol–water partition coefficient (Wildman–Crippen LogP) is 3.52. The number of aromatic nitrogens is 1. The Bertz CT molecular complexity index is 605. The zero-order valence-electron chi connectivity index (χ0n) is 10.8. The Morgan fingerprint density at radius 1 is 1.19 bits per heavy atom. The van der Waals surface area contributed by atoms with Gasteiger partial charge in [-0.25, -0.2) is 9.78 Å². The van der Waals surface area contributed by atoms with Crippen LogP contribution in [0.3, 0.4) is 0 Å². The monoisotopic (exact) mass is 370 g/mol. The highest BCUT2D eigenvalue weighted by Crippen LogP contribution is 2.36. The van der Waals surface area contributed by atoms with Crippen LogP contribution in [0.2, 0.25) is 20.2 Å². The Morgan fingerprint density at radius 2 is 1.81 bits per heavy atom. The van der Waals surface area contributed by atoms with Crippen LogP contribution in [0.1, 0.15) is 30.3 Å². The van der Waals surface area contributed by atoms with E-state index in [4.69, 9.17) is 51.1 Å². The molecule has 9 heteroatoms. The Kier molecular flexibility index (Phi) is 5.20. The Morgan fingerprint density at radius 3 is 2.38 bits per heavy atom. The molecular formula is C12H10Cl4N2O3. The van der Waals surface area contributed by atoms with Gasteiger partial charge < -0.3 is 10.1 Å². The van der Waals surface area contributed by atoms with Crippen LogP contribution >= 0.6 is 46.4 Å². The molecule has 1 amide bonds. The first-order valence-electron chi connectivity index (χ1n) is 6.02. The van der Waals surface area contributed by atoms with Gasteiger partial charge in [-0.05, 0) is 19.8 Å². The van der Waals surface area contributed by atoms with Crippen LogP contribution in [-0.4, -0.2) is 29.0 Å². The molecule has 1 aliphatic rings. The number of ether oxygens (including phenoxy) is 1. The van der Waals surface area contributed by atoms with Gasteiger partial charge in [-0.2, -0.15) is 0 Å². The molecular weight excluding hydrogens is 362 g/mol. The highest BCUT2D eigenvalue weighted by molar-refractivity contribution is 6.52. The zero-order chi connectivity index (χ0) is 15.7. The van der Waals surface area contributed by atoms with Gasteiger partial charge in [0.1, 0.15) is 5.15 Å². The number of carbonyl (C=O) groups is 2. The van der Waals surface area contributed by atoms with Gasteiger partial charge in [-0.15, -0.1) is 0 Å². The molecule has 1 fully saturated rings. The van der Waals surface area contributed by atoms with E-state index in [2.05, 4.69) is 10.3 Å². The minimum Gasteiger partial charge on any atom is -0.448 e. The fraction of sp³-hybridized carbons (Fsp3) is 0.417. The molecule has 1 aliphatic carbocycles. The van der Waals surface area contributed by atoms with Crippen molar-refractivity contribution in [3.63, 3.8) is 0 Å². The average Bonchev–Trinajstić information content (AvgIpc) is 3.24. The molecule has 0 aromatic carbocycles. The van der Waals surface area contributed by atoms with Crippen LogP contribution in [0.4, 0.5) is 0 Å². The van der Waals surface area contributed by atoms with Crippen molar-refractivity contribution in [2.45, 2.75) is 31.9 Å². The zero-order valence-corrected chi connectivity index (χ0v) is 13.8. The Labute approximate surface area is 140 Å². The summed E-state index contributed by atoms with van der Waals surface area (Å²) in [5.41, 5.74) is -0.290. The van der Waals surface area contributed by atoms with Gasteiger partial charge >= 0.3 is 5.97 Å². The molecule has 1 saturated carbocycles. The number of pyridine rings is 1. The maximum atomic E-state index is 12.0. The second-order valence-electron chi connectivity index (χ2n) is 4.52. The van der Waals surface area contributed by atoms with E-state index in [1.54, 1.807) is 0 Å². The highest BCUT2D eigenvalue weighted by Gasteiger charge is 2.29. The van der Waals surface area contributed by atoms with Crippen molar-refractivity contribution in [3.05, 3.63) is 25.9 Å². The lowest BCUT2D eigenvalue weighted by Gasteiger charge is -2.14.